The molecule has 0 spiro atoms. The third-order valence-electron chi connectivity index (χ3n) is 4.05. The van der Waals surface area contributed by atoms with Crippen molar-refractivity contribution >= 4 is 0 Å². The van der Waals surface area contributed by atoms with Gasteiger partial charge in [0.15, 0.2) is 0 Å². The number of ether oxygens (including phenoxy) is 1. The molecule has 0 radical (unpaired) electrons. The lowest BCUT2D eigenvalue weighted by molar-refractivity contribution is -0.137. The Bertz CT molecular complexity index is 501. The summed E-state index contributed by atoms with van der Waals surface area (Å²) in [5.74, 6) is 0.778. The van der Waals surface area contributed by atoms with Gasteiger partial charge in [0.05, 0.1) is 0 Å². The summed E-state index contributed by atoms with van der Waals surface area (Å²) in [6.07, 6.45) is -3.67. The fourth-order valence-corrected chi connectivity index (χ4v) is 2.96. The van der Waals surface area contributed by atoms with Gasteiger partial charge in [-0.25, -0.2) is 0 Å². The summed E-state index contributed by atoms with van der Waals surface area (Å²) in [4.78, 5) is 0. The van der Waals surface area contributed by atoms with Gasteiger partial charge in [0, 0.05) is 24.4 Å². The topological polar surface area (TPSA) is 21.3 Å². The van der Waals surface area contributed by atoms with E-state index in [2.05, 4.69) is 11.4 Å². The summed E-state index contributed by atoms with van der Waals surface area (Å²) in [6.45, 7) is 3.92. The first-order valence-corrected chi connectivity index (χ1v) is 7.26. The Hall–Kier alpha value is -1.23. The fraction of sp³-hybridized carbons (Fsp3) is 0.625. The van der Waals surface area contributed by atoms with Crippen LogP contribution >= 0.6 is 0 Å². The smallest absolute Gasteiger partial charge is 0.389 e. The van der Waals surface area contributed by atoms with Gasteiger partial charge in [0.1, 0.15) is 11.4 Å². The quantitative estimate of drug-likeness (QED) is 0.882. The van der Waals surface area contributed by atoms with E-state index in [0.717, 1.165) is 16.9 Å². The van der Waals surface area contributed by atoms with Crippen molar-refractivity contribution in [3.63, 3.8) is 0 Å². The number of halogens is 3. The van der Waals surface area contributed by atoms with E-state index >= 15 is 0 Å². The van der Waals surface area contributed by atoms with Crippen LogP contribution < -0.4 is 10.1 Å². The van der Waals surface area contributed by atoms with Crippen molar-refractivity contribution in [2.75, 3.05) is 7.05 Å². The van der Waals surface area contributed by atoms with Crippen LogP contribution in [0.5, 0.6) is 5.75 Å². The molecule has 1 aromatic rings. The summed E-state index contributed by atoms with van der Waals surface area (Å²) in [5.41, 5.74) is 1.69. The first-order chi connectivity index (χ1) is 9.72. The predicted molar refractivity (Wildman–Crippen MR) is 76.5 cm³/mol. The number of alkyl halides is 3. The number of aryl methyl sites for hydroxylation is 1. The maximum atomic E-state index is 12.3. The molecule has 118 valence electrons. The van der Waals surface area contributed by atoms with Gasteiger partial charge in [-0.1, -0.05) is 17.7 Å². The highest BCUT2D eigenvalue weighted by Gasteiger charge is 2.37. The lowest BCUT2D eigenvalue weighted by Crippen LogP contribution is -2.41. The van der Waals surface area contributed by atoms with Gasteiger partial charge in [-0.2, -0.15) is 13.2 Å². The van der Waals surface area contributed by atoms with Gasteiger partial charge < -0.3 is 10.1 Å². The van der Waals surface area contributed by atoms with E-state index in [1.807, 2.05) is 33.0 Å². The highest BCUT2D eigenvalue weighted by atomic mass is 19.4. The summed E-state index contributed by atoms with van der Waals surface area (Å²) in [5, 5.41) is 3.25. The van der Waals surface area contributed by atoms with Crippen molar-refractivity contribution in [1.82, 2.24) is 5.32 Å². The molecule has 5 heteroatoms. The monoisotopic (exact) mass is 301 g/mol. The van der Waals surface area contributed by atoms with Gasteiger partial charge in [0.2, 0.25) is 0 Å². The molecule has 0 aliphatic carbocycles. The molecule has 0 saturated heterocycles. The van der Waals surface area contributed by atoms with Crippen molar-refractivity contribution in [2.45, 2.75) is 57.3 Å². The van der Waals surface area contributed by atoms with Gasteiger partial charge in [-0.05, 0) is 39.8 Å². The lowest BCUT2D eigenvalue weighted by atomic mass is 9.84. The van der Waals surface area contributed by atoms with Crippen LogP contribution in [-0.4, -0.2) is 18.8 Å². The van der Waals surface area contributed by atoms with Crippen LogP contribution in [0.25, 0.3) is 0 Å². The Morgan fingerprint density at radius 1 is 1.38 bits per heavy atom. The molecule has 2 nitrogen and oxygen atoms in total. The van der Waals surface area contributed by atoms with Crippen molar-refractivity contribution in [2.24, 2.45) is 0 Å². The maximum absolute atomic E-state index is 12.3. The molecule has 0 saturated carbocycles. The number of hydrogen-bond acceptors (Lipinski definition) is 2. The molecule has 2 rings (SSSR count). The molecular weight excluding hydrogens is 279 g/mol. The van der Waals surface area contributed by atoms with Crippen molar-refractivity contribution < 1.29 is 17.9 Å². The summed E-state index contributed by atoms with van der Waals surface area (Å²) < 4.78 is 42.9. The molecule has 1 heterocycles. The minimum Gasteiger partial charge on any atom is -0.487 e. The zero-order valence-electron chi connectivity index (χ0n) is 12.7. The van der Waals surface area contributed by atoms with E-state index in [4.69, 9.17) is 4.74 Å². The minimum absolute atomic E-state index is 0.0949. The minimum atomic E-state index is -4.09. The van der Waals surface area contributed by atoms with E-state index in [1.165, 1.54) is 0 Å². The Morgan fingerprint density at radius 3 is 2.71 bits per heavy atom. The van der Waals surface area contributed by atoms with Gasteiger partial charge >= 0.3 is 6.18 Å². The Morgan fingerprint density at radius 2 is 2.10 bits per heavy atom. The zero-order valence-corrected chi connectivity index (χ0v) is 12.7. The SMILES string of the molecule is CNC1CC(C)(CCCC(F)(F)F)Oc2ccc(C)cc21. The molecule has 0 bridgehead atoms. The number of fused-ring (bicyclic) bond motifs is 1. The third-order valence-corrected chi connectivity index (χ3v) is 4.05. The second kappa shape index (κ2) is 5.87. The Labute approximate surface area is 123 Å². The molecular formula is C16H22F3NO. The van der Waals surface area contributed by atoms with Crippen LogP contribution in [0.2, 0.25) is 0 Å². The Kier molecular flexibility index (Phi) is 4.51. The highest BCUT2D eigenvalue weighted by Crippen LogP contribution is 2.42. The van der Waals surface area contributed by atoms with Crippen LogP contribution in [0.4, 0.5) is 13.2 Å². The van der Waals surface area contributed by atoms with E-state index in [0.29, 0.717) is 12.8 Å². The number of rotatable bonds is 4. The van der Waals surface area contributed by atoms with Gasteiger partial charge in [0.25, 0.3) is 0 Å². The second-order valence-corrected chi connectivity index (χ2v) is 6.11. The average Bonchev–Trinajstić information content (AvgIpc) is 2.37. The van der Waals surface area contributed by atoms with E-state index in [1.54, 1.807) is 0 Å². The Balaban J connectivity index is 2.11. The van der Waals surface area contributed by atoms with E-state index in [9.17, 15) is 13.2 Å². The van der Waals surface area contributed by atoms with Crippen molar-refractivity contribution in [3.8, 4) is 5.75 Å². The number of benzene rings is 1. The van der Waals surface area contributed by atoms with Gasteiger partial charge in [-0.3, -0.25) is 0 Å². The largest absolute Gasteiger partial charge is 0.487 e. The molecule has 0 amide bonds. The summed E-state index contributed by atoms with van der Waals surface area (Å²) >= 11 is 0. The molecule has 2 atom stereocenters. The van der Waals surface area contributed by atoms with Crippen LogP contribution in [0.15, 0.2) is 18.2 Å². The summed E-state index contributed by atoms with van der Waals surface area (Å²) in [6, 6.07) is 6.07. The normalized spacial score (nSPS) is 25.3. The molecule has 1 aromatic carbocycles. The maximum Gasteiger partial charge on any atom is 0.389 e. The third kappa shape index (κ3) is 4.13. The lowest BCUT2D eigenvalue weighted by Gasteiger charge is -2.40. The molecule has 2 unspecified atom stereocenters. The van der Waals surface area contributed by atoms with Crippen LogP contribution in [0.1, 0.15) is 49.8 Å². The zero-order chi connectivity index (χ0) is 15.7. The van der Waals surface area contributed by atoms with Gasteiger partial charge in [-0.15, -0.1) is 0 Å². The molecule has 1 aliphatic heterocycles. The molecule has 1 aliphatic rings. The average molecular weight is 301 g/mol. The van der Waals surface area contributed by atoms with Crippen LogP contribution in [-0.2, 0) is 0 Å². The molecule has 0 fully saturated rings. The standard InChI is InChI=1S/C16H22F3NO/c1-11-5-6-14-12(9-11)13(20-3)10-15(2,21-14)7-4-8-16(17,18)19/h5-6,9,13,20H,4,7-8,10H2,1-3H3. The van der Waals surface area contributed by atoms with E-state index in [-0.39, 0.29) is 12.5 Å². The van der Waals surface area contributed by atoms with Crippen molar-refractivity contribution in [1.29, 1.82) is 0 Å². The molecule has 0 aromatic heterocycles. The fourth-order valence-electron chi connectivity index (χ4n) is 2.96. The first-order valence-electron chi connectivity index (χ1n) is 7.26. The predicted octanol–water partition coefficient (Wildman–Crippen LogP) is 4.53. The summed E-state index contributed by atoms with van der Waals surface area (Å²) in [7, 11) is 1.87. The van der Waals surface area contributed by atoms with Crippen LogP contribution in [0, 0.1) is 6.92 Å². The number of hydrogen-bond donors (Lipinski definition) is 1. The van der Waals surface area contributed by atoms with E-state index < -0.39 is 18.2 Å². The van der Waals surface area contributed by atoms with Crippen LogP contribution in [0.3, 0.4) is 0 Å². The molecule has 1 N–H and O–H groups in total. The van der Waals surface area contributed by atoms with Crippen molar-refractivity contribution in [3.05, 3.63) is 29.3 Å². The second-order valence-electron chi connectivity index (χ2n) is 6.11. The molecule has 21 heavy (non-hydrogen) atoms. The number of nitrogens with one attached hydrogen (secondary N) is 1. The first kappa shape index (κ1) is 16.1. The highest BCUT2D eigenvalue weighted by molar-refractivity contribution is 5.41.